The number of nitrogens with one attached hydrogen (secondary N) is 1. The van der Waals surface area contributed by atoms with Gasteiger partial charge in [-0.2, -0.15) is 5.10 Å². The van der Waals surface area contributed by atoms with Crippen molar-refractivity contribution < 1.29 is 19.1 Å². The smallest absolute Gasteiger partial charge is 0.325 e. The monoisotopic (exact) mass is 291 g/mol. The Morgan fingerprint density at radius 1 is 1.52 bits per heavy atom. The van der Waals surface area contributed by atoms with Gasteiger partial charge >= 0.3 is 5.97 Å². The lowest BCUT2D eigenvalue weighted by Gasteiger charge is -2.12. The maximum Gasteiger partial charge on any atom is 0.325 e. The molecule has 0 aliphatic carbocycles. The number of nitrogens with zero attached hydrogens (tertiary/aromatic N) is 2. The third-order valence-electron chi connectivity index (χ3n) is 2.97. The summed E-state index contributed by atoms with van der Waals surface area (Å²) in [6.45, 7) is 1.64. The predicted octanol–water partition coefficient (Wildman–Crippen LogP) is 1.31. The molecule has 1 unspecified atom stereocenters. The minimum atomic E-state index is -1.00. The summed E-state index contributed by atoms with van der Waals surface area (Å²) < 4.78 is 6.45. The van der Waals surface area contributed by atoms with E-state index in [0.717, 1.165) is 18.6 Å². The van der Waals surface area contributed by atoms with Crippen LogP contribution >= 0.6 is 0 Å². The predicted molar refractivity (Wildman–Crippen MR) is 73.8 cm³/mol. The minimum Gasteiger partial charge on any atom is -0.480 e. The molecule has 0 fully saturated rings. The van der Waals surface area contributed by atoms with Gasteiger partial charge in [0, 0.05) is 18.7 Å². The van der Waals surface area contributed by atoms with Crippen molar-refractivity contribution in [2.75, 3.05) is 0 Å². The van der Waals surface area contributed by atoms with Gasteiger partial charge in [-0.3, -0.25) is 14.3 Å². The molecule has 0 saturated heterocycles. The molecule has 0 spiro atoms. The van der Waals surface area contributed by atoms with Gasteiger partial charge in [0.15, 0.2) is 0 Å². The number of hydrogen-bond donors (Lipinski definition) is 2. The molecule has 2 N–H and O–H groups in total. The Bertz CT molecular complexity index is 604. The van der Waals surface area contributed by atoms with Gasteiger partial charge in [0.05, 0.1) is 18.0 Å². The van der Waals surface area contributed by atoms with Gasteiger partial charge < -0.3 is 14.8 Å². The third-order valence-corrected chi connectivity index (χ3v) is 2.97. The van der Waals surface area contributed by atoms with Crippen molar-refractivity contribution in [1.82, 2.24) is 15.1 Å². The number of aryl methyl sites for hydroxylation is 1. The minimum absolute atomic E-state index is 0.0228. The van der Waals surface area contributed by atoms with E-state index in [1.54, 1.807) is 6.26 Å². The Morgan fingerprint density at radius 3 is 3.00 bits per heavy atom. The molecule has 0 bridgehead atoms. The number of carboxylic acid groups (broad SMARTS) is 1. The van der Waals surface area contributed by atoms with Gasteiger partial charge in [-0.1, -0.05) is 0 Å². The molecule has 7 heteroatoms. The van der Waals surface area contributed by atoms with Gasteiger partial charge in [-0.05, 0) is 25.5 Å². The highest BCUT2D eigenvalue weighted by Gasteiger charge is 2.13. The van der Waals surface area contributed by atoms with E-state index in [9.17, 15) is 9.59 Å². The molecule has 2 rings (SSSR count). The molecule has 1 atom stereocenters. The summed E-state index contributed by atoms with van der Waals surface area (Å²) in [4.78, 5) is 22.5. The summed E-state index contributed by atoms with van der Waals surface area (Å²) in [6, 6.07) is 3.70. The Kier molecular flexibility index (Phi) is 4.76. The second kappa shape index (κ2) is 6.74. The molecule has 2 aromatic heterocycles. The zero-order valence-corrected chi connectivity index (χ0v) is 11.7. The molecule has 0 aliphatic rings. The lowest BCUT2D eigenvalue weighted by atomic mass is 10.1. The van der Waals surface area contributed by atoms with E-state index in [4.69, 9.17) is 9.52 Å². The SMILES string of the molecule is CC(CCc1ccco1)NC(=O)c1cnn(CC(=O)O)c1. The Hall–Kier alpha value is -2.57. The van der Waals surface area contributed by atoms with Crippen LogP contribution in [0.3, 0.4) is 0 Å². The number of aliphatic carboxylic acids is 1. The summed E-state index contributed by atoms with van der Waals surface area (Å²) in [5, 5.41) is 15.3. The topological polar surface area (TPSA) is 97.4 Å². The largest absolute Gasteiger partial charge is 0.480 e. The van der Waals surface area contributed by atoms with Crippen molar-refractivity contribution in [3.8, 4) is 0 Å². The van der Waals surface area contributed by atoms with Crippen LogP contribution in [0.15, 0.2) is 35.2 Å². The second-order valence-corrected chi connectivity index (χ2v) is 4.81. The Labute approximate surface area is 121 Å². The second-order valence-electron chi connectivity index (χ2n) is 4.81. The van der Waals surface area contributed by atoms with Crippen LogP contribution in [-0.2, 0) is 17.8 Å². The number of amides is 1. The maximum absolute atomic E-state index is 12.0. The van der Waals surface area contributed by atoms with Gasteiger partial charge in [0.2, 0.25) is 0 Å². The number of rotatable bonds is 7. The van der Waals surface area contributed by atoms with Crippen LogP contribution in [0.5, 0.6) is 0 Å². The van der Waals surface area contributed by atoms with Gasteiger partial charge in [0.1, 0.15) is 12.3 Å². The maximum atomic E-state index is 12.0. The lowest BCUT2D eigenvalue weighted by Crippen LogP contribution is -2.32. The number of carbonyl (C=O) groups is 2. The average molecular weight is 291 g/mol. The van der Waals surface area contributed by atoms with Crippen LogP contribution in [0, 0.1) is 0 Å². The van der Waals surface area contributed by atoms with E-state index in [1.807, 2.05) is 19.1 Å². The molecular formula is C14H17N3O4. The number of carboxylic acids is 1. The first kappa shape index (κ1) is 14.8. The lowest BCUT2D eigenvalue weighted by molar-refractivity contribution is -0.137. The number of aromatic nitrogens is 2. The summed E-state index contributed by atoms with van der Waals surface area (Å²) in [5.41, 5.74) is 0.348. The van der Waals surface area contributed by atoms with Crippen molar-refractivity contribution in [3.05, 3.63) is 42.1 Å². The molecule has 0 radical (unpaired) electrons. The average Bonchev–Trinajstić information content (AvgIpc) is 3.06. The van der Waals surface area contributed by atoms with Crippen molar-refractivity contribution in [3.63, 3.8) is 0 Å². The molecule has 0 aromatic carbocycles. The quantitative estimate of drug-likeness (QED) is 0.801. The molecule has 21 heavy (non-hydrogen) atoms. The third kappa shape index (κ3) is 4.48. The van der Waals surface area contributed by atoms with Crippen LogP contribution in [0.2, 0.25) is 0 Å². The van der Waals surface area contributed by atoms with Crippen LogP contribution in [-0.4, -0.2) is 32.8 Å². The van der Waals surface area contributed by atoms with Gasteiger partial charge in [0.25, 0.3) is 5.91 Å². The van der Waals surface area contributed by atoms with Crippen LogP contribution in [0.4, 0.5) is 0 Å². The first-order valence-corrected chi connectivity index (χ1v) is 6.62. The molecule has 0 aliphatic heterocycles. The fourth-order valence-corrected chi connectivity index (χ4v) is 1.90. The highest BCUT2D eigenvalue weighted by atomic mass is 16.4. The summed E-state index contributed by atoms with van der Waals surface area (Å²) in [5.74, 6) is -0.388. The van der Waals surface area contributed by atoms with Gasteiger partial charge in [-0.15, -0.1) is 0 Å². The highest BCUT2D eigenvalue weighted by Crippen LogP contribution is 2.06. The van der Waals surface area contributed by atoms with Crippen LogP contribution in [0.1, 0.15) is 29.5 Å². The van der Waals surface area contributed by atoms with Crippen LogP contribution in [0.25, 0.3) is 0 Å². The fourth-order valence-electron chi connectivity index (χ4n) is 1.90. The molecule has 1 amide bonds. The Morgan fingerprint density at radius 2 is 2.33 bits per heavy atom. The normalized spacial score (nSPS) is 12.0. The van der Waals surface area contributed by atoms with E-state index in [1.165, 1.54) is 17.1 Å². The molecule has 112 valence electrons. The van der Waals surface area contributed by atoms with Crippen molar-refractivity contribution in [2.45, 2.75) is 32.4 Å². The van der Waals surface area contributed by atoms with E-state index >= 15 is 0 Å². The number of carbonyl (C=O) groups excluding carboxylic acids is 1. The summed E-state index contributed by atoms with van der Waals surface area (Å²) in [6.07, 6.45) is 5.89. The molecule has 2 aromatic rings. The van der Waals surface area contributed by atoms with Crippen molar-refractivity contribution >= 4 is 11.9 Å². The molecule has 0 saturated carbocycles. The number of hydrogen-bond acceptors (Lipinski definition) is 4. The van der Waals surface area contributed by atoms with E-state index < -0.39 is 5.97 Å². The summed E-state index contributed by atoms with van der Waals surface area (Å²) in [7, 11) is 0. The summed E-state index contributed by atoms with van der Waals surface area (Å²) >= 11 is 0. The van der Waals surface area contributed by atoms with E-state index in [0.29, 0.717) is 5.56 Å². The zero-order chi connectivity index (χ0) is 15.2. The molecule has 2 heterocycles. The van der Waals surface area contributed by atoms with Crippen LogP contribution < -0.4 is 5.32 Å². The van der Waals surface area contributed by atoms with E-state index in [2.05, 4.69) is 10.4 Å². The zero-order valence-electron chi connectivity index (χ0n) is 11.7. The first-order valence-electron chi connectivity index (χ1n) is 6.62. The number of furan rings is 1. The van der Waals surface area contributed by atoms with Crippen molar-refractivity contribution in [2.24, 2.45) is 0 Å². The van der Waals surface area contributed by atoms with E-state index in [-0.39, 0.29) is 18.5 Å². The first-order chi connectivity index (χ1) is 10.0. The Balaban J connectivity index is 1.82. The fraction of sp³-hybridized carbons (Fsp3) is 0.357. The highest BCUT2D eigenvalue weighted by molar-refractivity contribution is 5.93. The molecular weight excluding hydrogens is 274 g/mol. The van der Waals surface area contributed by atoms with Crippen molar-refractivity contribution in [1.29, 1.82) is 0 Å². The van der Waals surface area contributed by atoms with Gasteiger partial charge in [-0.25, -0.2) is 0 Å². The molecule has 7 nitrogen and oxygen atoms in total. The standard InChI is InChI=1S/C14H17N3O4/c1-10(4-5-12-3-2-6-21-12)16-14(20)11-7-15-17(8-11)9-13(18)19/h2-3,6-8,10H,4-5,9H2,1H3,(H,16,20)(H,18,19).